The molecule has 2 aromatic carbocycles. The van der Waals surface area contributed by atoms with Crippen LogP contribution in [0, 0.1) is 6.92 Å². The average Bonchev–Trinajstić information content (AvgIpc) is 2.94. The summed E-state index contributed by atoms with van der Waals surface area (Å²) in [6, 6.07) is 18.7. The van der Waals surface area contributed by atoms with Crippen molar-refractivity contribution in [2.75, 3.05) is 36.4 Å². The SMILES string of the molecule is Cc1cc(N2CCCCC2)nc2ccc(NC(=O)CCC(=O)NC3CCN(Cc4ccccc4)CC3)cc12. The summed E-state index contributed by atoms with van der Waals surface area (Å²) in [6.45, 7) is 7.11. The molecular weight excluding hydrogens is 474 g/mol. The van der Waals surface area contributed by atoms with Gasteiger partial charge in [0.25, 0.3) is 0 Å². The lowest BCUT2D eigenvalue weighted by molar-refractivity contribution is -0.125. The van der Waals surface area contributed by atoms with Gasteiger partial charge in [-0.25, -0.2) is 4.98 Å². The number of nitrogens with zero attached hydrogens (tertiary/aromatic N) is 3. The molecule has 1 aromatic heterocycles. The first-order valence-corrected chi connectivity index (χ1v) is 14.1. The van der Waals surface area contributed by atoms with E-state index in [-0.39, 0.29) is 30.7 Å². The molecule has 0 atom stereocenters. The van der Waals surface area contributed by atoms with E-state index >= 15 is 0 Å². The quantitative estimate of drug-likeness (QED) is 0.442. The smallest absolute Gasteiger partial charge is 0.224 e. The number of hydrogen-bond acceptors (Lipinski definition) is 5. The molecule has 0 bridgehead atoms. The van der Waals surface area contributed by atoms with Crippen molar-refractivity contribution in [3.05, 3.63) is 65.7 Å². The zero-order chi connectivity index (χ0) is 26.3. The number of carbonyl (C=O) groups excluding carboxylic acids is 2. The highest BCUT2D eigenvalue weighted by Crippen LogP contribution is 2.27. The Labute approximate surface area is 225 Å². The number of piperidine rings is 2. The van der Waals surface area contributed by atoms with Gasteiger partial charge in [0, 0.05) is 62.7 Å². The third-order valence-corrected chi connectivity index (χ3v) is 7.75. The Kier molecular flexibility index (Phi) is 8.54. The van der Waals surface area contributed by atoms with E-state index in [0.29, 0.717) is 0 Å². The molecule has 2 aliphatic rings. The fourth-order valence-electron chi connectivity index (χ4n) is 5.57. The van der Waals surface area contributed by atoms with Crippen molar-refractivity contribution < 1.29 is 9.59 Å². The van der Waals surface area contributed by atoms with Crippen molar-refractivity contribution in [1.29, 1.82) is 0 Å². The van der Waals surface area contributed by atoms with Crippen LogP contribution in [0.15, 0.2) is 54.6 Å². The summed E-state index contributed by atoms with van der Waals surface area (Å²) in [6.07, 6.45) is 5.97. The number of nitrogens with one attached hydrogen (secondary N) is 2. The average molecular weight is 514 g/mol. The number of amides is 2. The molecule has 0 saturated carbocycles. The minimum absolute atomic E-state index is 0.0505. The predicted octanol–water partition coefficient (Wildman–Crippen LogP) is 5.03. The monoisotopic (exact) mass is 513 g/mol. The third kappa shape index (κ3) is 6.90. The number of carbonyl (C=O) groups is 2. The van der Waals surface area contributed by atoms with E-state index in [1.807, 2.05) is 24.3 Å². The van der Waals surface area contributed by atoms with Crippen LogP contribution in [-0.4, -0.2) is 53.9 Å². The van der Waals surface area contributed by atoms with Gasteiger partial charge in [0.05, 0.1) is 5.52 Å². The van der Waals surface area contributed by atoms with E-state index in [2.05, 4.69) is 57.7 Å². The van der Waals surface area contributed by atoms with Gasteiger partial charge in [0.1, 0.15) is 5.82 Å². The Morgan fingerprint density at radius 3 is 2.39 bits per heavy atom. The minimum atomic E-state index is -0.146. The van der Waals surface area contributed by atoms with E-state index in [4.69, 9.17) is 4.98 Å². The molecule has 0 radical (unpaired) electrons. The van der Waals surface area contributed by atoms with Gasteiger partial charge < -0.3 is 15.5 Å². The highest BCUT2D eigenvalue weighted by molar-refractivity contribution is 5.96. The highest BCUT2D eigenvalue weighted by atomic mass is 16.2. The van der Waals surface area contributed by atoms with Gasteiger partial charge in [0.2, 0.25) is 11.8 Å². The van der Waals surface area contributed by atoms with Gasteiger partial charge in [-0.05, 0) is 74.4 Å². The molecule has 2 saturated heterocycles. The number of aryl methyl sites for hydroxylation is 1. The van der Waals surface area contributed by atoms with Crippen molar-refractivity contribution in [3.63, 3.8) is 0 Å². The summed E-state index contributed by atoms with van der Waals surface area (Å²) in [5, 5.41) is 7.13. The van der Waals surface area contributed by atoms with E-state index in [9.17, 15) is 9.59 Å². The third-order valence-electron chi connectivity index (χ3n) is 7.75. The lowest BCUT2D eigenvalue weighted by Gasteiger charge is -2.32. The number of likely N-dealkylation sites (tertiary alicyclic amines) is 1. The maximum Gasteiger partial charge on any atom is 0.224 e. The van der Waals surface area contributed by atoms with Crippen LogP contribution in [-0.2, 0) is 16.1 Å². The molecule has 200 valence electrons. The molecule has 0 spiro atoms. The predicted molar refractivity (Wildman–Crippen MR) is 153 cm³/mol. The second-order valence-electron chi connectivity index (χ2n) is 10.7. The fraction of sp³-hybridized carbons (Fsp3) is 0.452. The molecule has 2 fully saturated rings. The fourth-order valence-corrected chi connectivity index (χ4v) is 5.57. The van der Waals surface area contributed by atoms with E-state index in [0.717, 1.165) is 73.5 Å². The highest BCUT2D eigenvalue weighted by Gasteiger charge is 2.21. The van der Waals surface area contributed by atoms with Crippen LogP contribution in [0.25, 0.3) is 10.9 Å². The number of pyridine rings is 1. The van der Waals surface area contributed by atoms with Gasteiger partial charge >= 0.3 is 0 Å². The first-order valence-electron chi connectivity index (χ1n) is 14.1. The van der Waals surface area contributed by atoms with Crippen LogP contribution >= 0.6 is 0 Å². The largest absolute Gasteiger partial charge is 0.357 e. The molecule has 0 aliphatic carbocycles. The molecule has 2 aliphatic heterocycles. The summed E-state index contributed by atoms with van der Waals surface area (Å²) < 4.78 is 0. The molecular formula is C31H39N5O2. The Balaban J connectivity index is 1.07. The summed E-state index contributed by atoms with van der Waals surface area (Å²) >= 11 is 0. The molecule has 3 aromatic rings. The molecule has 38 heavy (non-hydrogen) atoms. The van der Waals surface area contributed by atoms with Gasteiger partial charge in [-0.1, -0.05) is 30.3 Å². The normalized spacial score (nSPS) is 16.9. The molecule has 3 heterocycles. The van der Waals surface area contributed by atoms with Crippen molar-refractivity contribution in [2.24, 2.45) is 0 Å². The Hall–Kier alpha value is -3.45. The number of rotatable bonds is 8. The molecule has 0 unspecified atom stereocenters. The zero-order valence-electron chi connectivity index (χ0n) is 22.4. The Bertz CT molecular complexity index is 1250. The van der Waals surface area contributed by atoms with Gasteiger partial charge in [-0.3, -0.25) is 14.5 Å². The van der Waals surface area contributed by atoms with Crippen molar-refractivity contribution in [3.8, 4) is 0 Å². The van der Waals surface area contributed by atoms with Crippen molar-refractivity contribution in [1.82, 2.24) is 15.2 Å². The number of benzene rings is 2. The van der Waals surface area contributed by atoms with Crippen LogP contribution in [0.3, 0.4) is 0 Å². The number of hydrogen-bond donors (Lipinski definition) is 2. The lowest BCUT2D eigenvalue weighted by atomic mass is 10.0. The first kappa shape index (κ1) is 26.2. The van der Waals surface area contributed by atoms with Crippen molar-refractivity contribution >= 4 is 34.2 Å². The van der Waals surface area contributed by atoms with Gasteiger partial charge in [-0.15, -0.1) is 0 Å². The number of aromatic nitrogens is 1. The van der Waals surface area contributed by atoms with Crippen LogP contribution in [0.4, 0.5) is 11.5 Å². The first-order chi connectivity index (χ1) is 18.5. The summed E-state index contributed by atoms with van der Waals surface area (Å²) in [7, 11) is 0. The molecule has 7 heteroatoms. The van der Waals surface area contributed by atoms with Crippen LogP contribution in [0.5, 0.6) is 0 Å². The summed E-state index contributed by atoms with van der Waals surface area (Å²) in [5.74, 6) is 0.845. The number of anilines is 2. The number of fused-ring (bicyclic) bond motifs is 1. The van der Waals surface area contributed by atoms with Gasteiger partial charge in [0.15, 0.2) is 0 Å². The molecule has 7 nitrogen and oxygen atoms in total. The Morgan fingerprint density at radius 2 is 1.63 bits per heavy atom. The van der Waals surface area contributed by atoms with Crippen LogP contribution in [0.2, 0.25) is 0 Å². The van der Waals surface area contributed by atoms with E-state index in [1.54, 1.807) is 0 Å². The van der Waals surface area contributed by atoms with E-state index < -0.39 is 0 Å². The maximum atomic E-state index is 12.6. The van der Waals surface area contributed by atoms with Crippen LogP contribution in [0.1, 0.15) is 56.1 Å². The van der Waals surface area contributed by atoms with E-state index in [1.165, 1.54) is 24.8 Å². The standard InChI is InChI=1S/C31H39N5O2/c1-23-20-29(36-16-6-3-7-17-36)34-28-11-10-26(21-27(23)28)33-31(38)13-12-30(37)32-25-14-18-35(19-15-25)22-24-8-4-2-5-9-24/h2,4-5,8-11,20-21,25H,3,6-7,12-19,22H2,1H3,(H,32,37)(H,33,38). The topological polar surface area (TPSA) is 77.6 Å². The molecule has 2 N–H and O–H groups in total. The zero-order valence-corrected chi connectivity index (χ0v) is 22.4. The second kappa shape index (κ2) is 12.4. The van der Waals surface area contributed by atoms with Gasteiger partial charge in [-0.2, -0.15) is 0 Å². The summed E-state index contributed by atoms with van der Waals surface area (Å²) in [5.41, 5.74) is 4.16. The lowest BCUT2D eigenvalue weighted by Crippen LogP contribution is -2.44. The molecule has 5 rings (SSSR count). The maximum absolute atomic E-state index is 12.6. The van der Waals surface area contributed by atoms with Crippen LogP contribution < -0.4 is 15.5 Å². The molecule has 2 amide bonds. The second-order valence-corrected chi connectivity index (χ2v) is 10.7. The Morgan fingerprint density at radius 1 is 0.895 bits per heavy atom. The minimum Gasteiger partial charge on any atom is -0.357 e. The summed E-state index contributed by atoms with van der Waals surface area (Å²) in [4.78, 5) is 34.8. The van der Waals surface area contributed by atoms with Crippen molar-refractivity contribution in [2.45, 2.75) is 64.5 Å².